The van der Waals surface area contributed by atoms with Crippen LogP contribution in [0.5, 0.6) is 0 Å². The second kappa shape index (κ2) is 4.36. The van der Waals surface area contributed by atoms with Gasteiger partial charge < -0.3 is 15.6 Å². The highest BCUT2D eigenvalue weighted by molar-refractivity contribution is 5.62. The van der Waals surface area contributed by atoms with Crippen LogP contribution in [0.3, 0.4) is 0 Å². The molecule has 0 aliphatic rings. The van der Waals surface area contributed by atoms with Crippen LogP contribution in [0.1, 0.15) is 11.3 Å². The van der Waals surface area contributed by atoms with Gasteiger partial charge in [0.1, 0.15) is 6.07 Å². The van der Waals surface area contributed by atoms with Gasteiger partial charge in [0.15, 0.2) is 5.76 Å². The standard InChI is InChI=1S/C11H10N4O/c12-6-8-1-2-9(5-11(8)13)14-7-10-3-4-15-16-10/h1-5,14H,7,13H2. The highest BCUT2D eigenvalue weighted by Crippen LogP contribution is 2.17. The van der Waals surface area contributed by atoms with Gasteiger partial charge in [-0.25, -0.2) is 0 Å². The molecule has 1 aromatic heterocycles. The largest absolute Gasteiger partial charge is 0.398 e. The van der Waals surface area contributed by atoms with Crippen LogP contribution in [0.25, 0.3) is 0 Å². The first-order valence-corrected chi connectivity index (χ1v) is 4.72. The van der Waals surface area contributed by atoms with Gasteiger partial charge in [0.25, 0.3) is 0 Å². The number of nitrogens with one attached hydrogen (secondary N) is 1. The summed E-state index contributed by atoms with van der Waals surface area (Å²) in [4.78, 5) is 0. The third kappa shape index (κ3) is 2.12. The van der Waals surface area contributed by atoms with Crippen LogP contribution in [0, 0.1) is 11.3 Å². The molecular formula is C11H10N4O. The van der Waals surface area contributed by atoms with Gasteiger partial charge in [-0.1, -0.05) is 5.16 Å². The molecule has 0 spiro atoms. The average molecular weight is 214 g/mol. The molecule has 2 aromatic rings. The normalized spacial score (nSPS) is 9.69. The predicted octanol–water partition coefficient (Wildman–Crippen LogP) is 1.74. The molecule has 0 radical (unpaired) electrons. The summed E-state index contributed by atoms with van der Waals surface area (Å²) in [6.45, 7) is 0.533. The lowest BCUT2D eigenvalue weighted by Crippen LogP contribution is -1.99. The van der Waals surface area contributed by atoms with Crippen LogP contribution in [0.15, 0.2) is 35.0 Å². The van der Waals surface area contributed by atoms with Gasteiger partial charge >= 0.3 is 0 Å². The molecule has 2 rings (SSSR count). The summed E-state index contributed by atoms with van der Waals surface area (Å²) in [5.41, 5.74) is 7.46. The first-order valence-electron chi connectivity index (χ1n) is 4.72. The molecule has 5 nitrogen and oxygen atoms in total. The van der Waals surface area contributed by atoms with Crippen molar-refractivity contribution in [2.45, 2.75) is 6.54 Å². The van der Waals surface area contributed by atoms with Crippen molar-refractivity contribution in [3.05, 3.63) is 41.8 Å². The van der Waals surface area contributed by atoms with E-state index in [-0.39, 0.29) is 0 Å². The van der Waals surface area contributed by atoms with Gasteiger partial charge in [-0.05, 0) is 18.2 Å². The molecule has 1 heterocycles. The van der Waals surface area contributed by atoms with Crippen LogP contribution in [0.4, 0.5) is 11.4 Å². The third-order valence-corrected chi connectivity index (χ3v) is 2.13. The minimum absolute atomic E-state index is 0.463. The lowest BCUT2D eigenvalue weighted by molar-refractivity contribution is 0.388. The fourth-order valence-corrected chi connectivity index (χ4v) is 1.30. The summed E-state index contributed by atoms with van der Waals surface area (Å²) in [6.07, 6.45) is 1.59. The van der Waals surface area contributed by atoms with Gasteiger partial charge in [-0.15, -0.1) is 0 Å². The molecule has 16 heavy (non-hydrogen) atoms. The van der Waals surface area contributed by atoms with Gasteiger partial charge in [0.05, 0.1) is 24.0 Å². The first-order chi connectivity index (χ1) is 7.79. The number of benzene rings is 1. The molecule has 0 unspecified atom stereocenters. The molecule has 0 fully saturated rings. The minimum atomic E-state index is 0.463. The molecule has 0 saturated heterocycles. The van der Waals surface area contributed by atoms with Crippen molar-refractivity contribution >= 4 is 11.4 Å². The number of nitrogens with two attached hydrogens (primary N) is 1. The third-order valence-electron chi connectivity index (χ3n) is 2.13. The highest BCUT2D eigenvalue weighted by atomic mass is 16.5. The Balaban J connectivity index is 2.06. The lowest BCUT2D eigenvalue weighted by Gasteiger charge is -2.05. The van der Waals surface area contributed by atoms with E-state index in [9.17, 15) is 0 Å². The summed E-state index contributed by atoms with van der Waals surface area (Å²) in [7, 11) is 0. The molecule has 80 valence electrons. The van der Waals surface area contributed by atoms with Gasteiger partial charge in [-0.3, -0.25) is 0 Å². The van der Waals surface area contributed by atoms with Crippen molar-refractivity contribution in [1.82, 2.24) is 5.16 Å². The summed E-state index contributed by atoms with van der Waals surface area (Å²) in [5, 5.41) is 15.4. The number of nitrogens with zero attached hydrogens (tertiary/aromatic N) is 2. The lowest BCUT2D eigenvalue weighted by atomic mass is 10.2. The van der Waals surface area contributed by atoms with Crippen molar-refractivity contribution in [2.75, 3.05) is 11.1 Å². The molecular weight excluding hydrogens is 204 g/mol. The van der Waals surface area contributed by atoms with Crippen LogP contribution >= 0.6 is 0 Å². The zero-order valence-electron chi connectivity index (χ0n) is 8.47. The second-order valence-electron chi connectivity index (χ2n) is 3.25. The molecule has 0 bridgehead atoms. The first kappa shape index (κ1) is 10.1. The van der Waals surface area contributed by atoms with E-state index in [1.807, 2.05) is 6.07 Å². The maximum absolute atomic E-state index is 8.72. The van der Waals surface area contributed by atoms with E-state index >= 15 is 0 Å². The van der Waals surface area contributed by atoms with E-state index in [1.54, 1.807) is 30.5 Å². The summed E-state index contributed by atoms with van der Waals surface area (Å²) < 4.78 is 4.93. The fraction of sp³-hybridized carbons (Fsp3) is 0.0909. The monoisotopic (exact) mass is 214 g/mol. The number of nitrogen functional groups attached to an aromatic ring is 1. The molecule has 0 amide bonds. The number of hydrogen-bond acceptors (Lipinski definition) is 5. The Bertz CT molecular complexity index is 513. The highest BCUT2D eigenvalue weighted by Gasteiger charge is 2.01. The Morgan fingerprint density at radius 3 is 2.94 bits per heavy atom. The molecule has 1 aromatic carbocycles. The fourth-order valence-electron chi connectivity index (χ4n) is 1.30. The SMILES string of the molecule is N#Cc1ccc(NCc2ccno2)cc1N. The van der Waals surface area contributed by atoms with E-state index in [0.717, 1.165) is 11.4 Å². The zero-order valence-corrected chi connectivity index (χ0v) is 8.47. The van der Waals surface area contributed by atoms with Gasteiger partial charge in [0, 0.05) is 11.8 Å². The smallest absolute Gasteiger partial charge is 0.155 e. The average Bonchev–Trinajstić information content (AvgIpc) is 2.79. The van der Waals surface area contributed by atoms with Crippen molar-refractivity contribution in [1.29, 1.82) is 5.26 Å². The minimum Gasteiger partial charge on any atom is -0.398 e. The molecule has 0 aliphatic carbocycles. The zero-order chi connectivity index (χ0) is 11.4. The Morgan fingerprint density at radius 2 is 2.31 bits per heavy atom. The number of aromatic nitrogens is 1. The van der Waals surface area contributed by atoms with Crippen LogP contribution in [0.2, 0.25) is 0 Å². The quantitative estimate of drug-likeness (QED) is 0.760. The Hall–Kier alpha value is -2.48. The topological polar surface area (TPSA) is 87.9 Å². The van der Waals surface area contributed by atoms with Crippen LogP contribution in [-0.2, 0) is 6.54 Å². The Kier molecular flexibility index (Phi) is 2.74. The maximum atomic E-state index is 8.72. The molecule has 0 saturated carbocycles. The van der Waals surface area contributed by atoms with Crippen molar-refractivity contribution in [3.8, 4) is 6.07 Å². The predicted molar refractivity (Wildman–Crippen MR) is 59.4 cm³/mol. The van der Waals surface area contributed by atoms with Gasteiger partial charge in [-0.2, -0.15) is 5.26 Å². The van der Waals surface area contributed by atoms with Crippen molar-refractivity contribution in [3.63, 3.8) is 0 Å². The number of anilines is 2. The Labute approximate surface area is 92.5 Å². The van der Waals surface area contributed by atoms with Crippen LogP contribution < -0.4 is 11.1 Å². The summed E-state index contributed by atoms with van der Waals surface area (Å²) in [5.74, 6) is 0.739. The van der Waals surface area contributed by atoms with Gasteiger partial charge in [0.2, 0.25) is 0 Å². The van der Waals surface area contributed by atoms with E-state index in [0.29, 0.717) is 17.8 Å². The summed E-state index contributed by atoms with van der Waals surface area (Å²) >= 11 is 0. The number of rotatable bonds is 3. The molecule has 5 heteroatoms. The van der Waals surface area contributed by atoms with E-state index in [1.165, 1.54) is 0 Å². The molecule has 0 atom stereocenters. The second-order valence-corrected chi connectivity index (χ2v) is 3.25. The van der Waals surface area contributed by atoms with E-state index in [2.05, 4.69) is 10.5 Å². The molecule has 0 aliphatic heterocycles. The Morgan fingerprint density at radius 1 is 1.44 bits per heavy atom. The maximum Gasteiger partial charge on any atom is 0.155 e. The van der Waals surface area contributed by atoms with Crippen molar-refractivity contribution < 1.29 is 4.52 Å². The number of hydrogen-bond donors (Lipinski definition) is 2. The van der Waals surface area contributed by atoms with E-state index in [4.69, 9.17) is 15.5 Å². The van der Waals surface area contributed by atoms with Crippen LogP contribution in [-0.4, -0.2) is 5.16 Å². The van der Waals surface area contributed by atoms with E-state index < -0.39 is 0 Å². The summed E-state index contributed by atoms with van der Waals surface area (Å²) in [6, 6.07) is 8.98. The van der Waals surface area contributed by atoms with Crippen molar-refractivity contribution in [2.24, 2.45) is 0 Å². The molecule has 3 N–H and O–H groups in total. The number of nitriles is 1.